The number of halogens is 1. The zero-order valence-electron chi connectivity index (χ0n) is 12.3. The van der Waals surface area contributed by atoms with Crippen LogP contribution in [0.5, 0.6) is 0 Å². The first-order valence-electron chi connectivity index (χ1n) is 6.75. The van der Waals surface area contributed by atoms with E-state index in [-0.39, 0.29) is 12.5 Å². The summed E-state index contributed by atoms with van der Waals surface area (Å²) in [6, 6.07) is 3.06. The van der Waals surface area contributed by atoms with Gasteiger partial charge in [0.1, 0.15) is 6.61 Å². The molecule has 0 N–H and O–H groups in total. The number of hydrogen-bond acceptors (Lipinski definition) is 4. The van der Waals surface area contributed by atoms with Crippen molar-refractivity contribution in [1.29, 1.82) is 0 Å². The Morgan fingerprint density at radius 1 is 1.48 bits per heavy atom. The monoisotopic (exact) mass is 311 g/mol. The molecule has 1 amide bonds. The number of amides is 1. The van der Waals surface area contributed by atoms with E-state index in [4.69, 9.17) is 21.2 Å². The van der Waals surface area contributed by atoms with Crippen LogP contribution in [0.3, 0.4) is 0 Å². The minimum absolute atomic E-state index is 0.182. The van der Waals surface area contributed by atoms with Crippen molar-refractivity contribution in [2.75, 3.05) is 6.61 Å². The molecule has 1 aromatic carbocycles. The minimum Gasteiger partial charge on any atom is -0.464 e. The van der Waals surface area contributed by atoms with Gasteiger partial charge in [-0.25, -0.2) is 9.86 Å². The van der Waals surface area contributed by atoms with Crippen molar-refractivity contribution in [3.05, 3.63) is 33.8 Å². The number of hydrogen-bond donors (Lipinski definition) is 0. The lowest BCUT2D eigenvalue weighted by atomic mass is 10.0. The fourth-order valence-electron chi connectivity index (χ4n) is 2.32. The van der Waals surface area contributed by atoms with Crippen molar-refractivity contribution >= 4 is 23.5 Å². The van der Waals surface area contributed by atoms with Crippen LogP contribution < -0.4 is 0 Å². The van der Waals surface area contributed by atoms with Crippen molar-refractivity contribution in [2.24, 2.45) is 0 Å². The Morgan fingerprint density at radius 2 is 2.19 bits per heavy atom. The highest BCUT2D eigenvalue weighted by atomic mass is 35.5. The van der Waals surface area contributed by atoms with Crippen LogP contribution in [0.15, 0.2) is 12.1 Å². The lowest BCUT2D eigenvalue weighted by molar-refractivity contribution is -0.205. The molecule has 1 aromatic rings. The molecule has 21 heavy (non-hydrogen) atoms. The number of rotatable bonds is 4. The Bertz CT molecular complexity index is 573. The molecule has 0 radical (unpaired) electrons. The van der Waals surface area contributed by atoms with E-state index in [1.165, 1.54) is 6.92 Å². The molecule has 1 atom stereocenters. The molecule has 2 rings (SSSR count). The van der Waals surface area contributed by atoms with E-state index in [0.717, 1.165) is 21.8 Å². The van der Waals surface area contributed by atoms with E-state index in [2.05, 4.69) is 0 Å². The van der Waals surface area contributed by atoms with Gasteiger partial charge in [-0.15, -0.1) is 0 Å². The van der Waals surface area contributed by atoms with Crippen molar-refractivity contribution in [1.82, 2.24) is 5.06 Å². The zero-order chi connectivity index (χ0) is 15.6. The molecule has 0 saturated carbocycles. The quantitative estimate of drug-likeness (QED) is 0.633. The van der Waals surface area contributed by atoms with Crippen LogP contribution in [0.25, 0.3) is 0 Å². The van der Waals surface area contributed by atoms with Gasteiger partial charge in [-0.05, 0) is 36.6 Å². The Labute approximate surface area is 128 Å². The number of ether oxygens (including phenoxy) is 1. The summed E-state index contributed by atoms with van der Waals surface area (Å²) in [6.07, 6.45) is 0.450. The van der Waals surface area contributed by atoms with Gasteiger partial charge in [-0.1, -0.05) is 17.7 Å². The van der Waals surface area contributed by atoms with Crippen LogP contribution in [0, 0.1) is 13.8 Å². The van der Waals surface area contributed by atoms with Crippen LogP contribution in [-0.2, 0) is 25.8 Å². The van der Waals surface area contributed by atoms with E-state index in [0.29, 0.717) is 18.1 Å². The number of benzene rings is 1. The topological polar surface area (TPSA) is 55.8 Å². The second kappa shape index (κ2) is 6.45. The van der Waals surface area contributed by atoms with Crippen LogP contribution in [-0.4, -0.2) is 29.6 Å². The third kappa shape index (κ3) is 3.36. The maximum Gasteiger partial charge on any atom is 0.331 e. The third-order valence-corrected chi connectivity index (χ3v) is 4.03. The van der Waals surface area contributed by atoms with Crippen LogP contribution in [0.2, 0.25) is 5.02 Å². The van der Waals surface area contributed by atoms with E-state index >= 15 is 0 Å². The number of nitrogens with zero attached hydrogens (tertiary/aromatic N) is 1. The lowest BCUT2D eigenvalue weighted by Gasteiger charge is -2.24. The van der Waals surface area contributed by atoms with Gasteiger partial charge in [-0.2, -0.15) is 0 Å². The van der Waals surface area contributed by atoms with Crippen molar-refractivity contribution < 1.29 is 19.2 Å². The average Bonchev–Trinajstić information content (AvgIpc) is 2.84. The molecule has 6 heteroatoms. The normalized spacial score (nSPS) is 17.7. The second-order valence-corrected chi connectivity index (χ2v) is 5.47. The van der Waals surface area contributed by atoms with Gasteiger partial charge >= 0.3 is 5.97 Å². The molecule has 0 bridgehead atoms. The first kappa shape index (κ1) is 15.8. The first-order valence-corrected chi connectivity index (χ1v) is 7.13. The molecule has 1 fully saturated rings. The van der Waals surface area contributed by atoms with Gasteiger partial charge in [0, 0.05) is 18.4 Å². The average molecular weight is 312 g/mol. The highest BCUT2D eigenvalue weighted by Gasteiger charge is 2.35. The Hall–Kier alpha value is -1.59. The first-order chi connectivity index (χ1) is 9.91. The molecule has 0 aromatic heterocycles. The summed E-state index contributed by atoms with van der Waals surface area (Å²) in [4.78, 5) is 28.9. The number of hydroxylamine groups is 2. The third-order valence-electron chi connectivity index (χ3n) is 3.62. The summed E-state index contributed by atoms with van der Waals surface area (Å²) in [7, 11) is 0. The predicted molar refractivity (Wildman–Crippen MR) is 77.6 cm³/mol. The summed E-state index contributed by atoms with van der Waals surface area (Å²) in [5.74, 6) is -0.749. The van der Waals surface area contributed by atoms with Gasteiger partial charge in [0.25, 0.3) is 0 Å². The summed E-state index contributed by atoms with van der Waals surface area (Å²) >= 11 is 6.10. The van der Waals surface area contributed by atoms with Gasteiger partial charge < -0.3 is 4.74 Å². The number of aryl methyl sites for hydroxylation is 1. The van der Waals surface area contributed by atoms with Crippen molar-refractivity contribution in [3.63, 3.8) is 0 Å². The molecular formula is C15H18ClNO4. The Kier molecular flexibility index (Phi) is 4.85. The fourth-order valence-corrected chi connectivity index (χ4v) is 2.50. The minimum atomic E-state index is -0.665. The zero-order valence-corrected chi connectivity index (χ0v) is 13.1. The van der Waals surface area contributed by atoms with E-state index in [1.807, 2.05) is 26.0 Å². The summed E-state index contributed by atoms with van der Waals surface area (Å²) in [6.45, 7) is 5.71. The number of cyclic esters (lactones) is 1. The molecule has 5 nitrogen and oxygen atoms in total. The second-order valence-electron chi connectivity index (χ2n) is 5.06. The highest BCUT2D eigenvalue weighted by molar-refractivity contribution is 6.31. The molecule has 1 aliphatic heterocycles. The van der Waals surface area contributed by atoms with E-state index in [1.54, 1.807) is 0 Å². The standard InChI is InChI=1S/C15H18ClNO4/c1-9-4-5-13(16)10(2)12(9)8-21-17(11(3)18)14-6-7-20-15(14)19/h4-5,14H,6-8H2,1-3H3. The number of esters is 1. The Morgan fingerprint density at radius 3 is 2.76 bits per heavy atom. The molecule has 114 valence electrons. The van der Waals surface area contributed by atoms with Crippen LogP contribution in [0.4, 0.5) is 0 Å². The largest absolute Gasteiger partial charge is 0.464 e. The molecule has 1 aliphatic rings. The predicted octanol–water partition coefficient (Wildman–Crippen LogP) is 2.55. The molecular weight excluding hydrogens is 294 g/mol. The molecule has 0 aliphatic carbocycles. The smallest absolute Gasteiger partial charge is 0.331 e. The summed E-state index contributed by atoms with van der Waals surface area (Å²) in [5, 5.41) is 1.75. The van der Waals surface area contributed by atoms with Gasteiger partial charge in [0.2, 0.25) is 5.91 Å². The maximum absolute atomic E-state index is 11.7. The number of carbonyl (C=O) groups is 2. The SMILES string of the molecule is CC(=O)N(OCc1c(C)ccc(Cl)c1C)C1CCOC1=O. The van der Waals surface area contributed by atoms with Crippen LogP contribution in [0.1, 0.15) is 30.0 Å². The maximum atomic E-state index is 11.7. The fraction of sp³-hybridized carbons (Fsp3) is 0.467. The molecule has 1 saturated heterocycles. The van der Waals surface area contributed by atoms with E-state index in [9.17, 15) is 9.59 Å². The highest BCUT2D eigenvalue weighted by Crippen LogP contribution is 2.24. The summed E-state index contributed by atoms with van der Waals surface area (Å²) < 4.78 is 4.88. The Balaban J connectivity index is 2.15. The molecule has 1 unspecified atom stereocenters. The molecule has 0 spiro atoms. The van der Waals surface area contributed by atoms with Gasteiger partial charge in [0.15, 0.2) is 6.04 Å². The number of carbonyl (C=O) groups excluding carboxylic acids is 2. The summed E-state index contributed by atoms with van der Waals surface area (Å²) in [5.41, 5.74) is 2.85. The van der Waals surface area contributed by atoms with Gasteiger partial charge in [-0.3, -0.25) is 9.63 Å². The van der Waals surface area contributed by atoms with E-state index < -0.39 is 12.0 Å². The molecule has 1 heterocycles. The van der Waals surface area contributed by atoms with Crippen molar-refractivity contribution in [2.45, 2.75) is 39.8 Å². The van der Waals surface area contributed by atoms with Crippen LogP contribution >= 0.6 is 11.6 Å². The van der Waals surface area contributed by atoms with Gasteiger partial charge in [0.05, 0.1) is 6.61 Å². The van der Waals surface area contributed by atoms with Crippen molar-refractivity contribution in [3.8, 4) is 0 Å². The lowest BCUT2D eigenvalue weighted by Crippen LogP contribution is -2.41.